The zero-order valence-corrected chi connectivity index (χ0v) is 11.8. The second-order valence-electron chi connectivity index (χ2n) is 4.82. The van der Waals surface area contributed by atoms with Crippen molar-refractivity contribution in [3.63, 3.8) is 0 Å². The molecule has 0 radical (unpaired) electrons. The summed E-state index contributed by atoms with van der Waals surface area (Å²) in [6, 6.07) is 15.8. The minimum absolute atomic E-state index is 0.0682. The van der Waals surface area contributed by atoms with Crippen LogP contribution in [0.15, 0.2) is 54.2 Å². The summed E-state index contributed by atoms with van der Waals surface area (Å²) >= 11 is 0. The Labute approximate surface area is 119 Å². The predicted molar refractivity (Wildman–Crippen MR) is 82.2 cm³/mol. The van der Waals surface area contributed by atoms with E-state index in [2.05, 4.69) is 23.5 Å². The van der Waals surface area contributed by atoms with Gasteiger partial charge in [0.1, 0.15) is 10.7 Å². The molecule has 0 atom stereocenters. The Morgan fingerprint density at radius 3 is 2.55 bits per heavy atom. The van der Waals surface area contributed by atoms with Crippen molar-refractivity contribution in [3.05, 3.63) is 70.9 Å². The Kier molecular flexibility index (Phi) is 3.56. The normalized spacial score (nSPS) is 13.2. The zero-order valence-electron chi connectivity index (χ0n) is 10.9. The van der Waals surface area contributed by atoms with Gasteiger partial charge in [-0.1, -0.05) is 42.5 Å². The summed E-state index contributed by atoms with van der Waals surface area (Å²) in [6.45, 7) is 0. The molecule has 0 saturated heterocycles. The van der Waals surface area contributed by atoms with Crippen LogP contribution in [0.25, 0.3) is 6.08 Å². The van der Waals surface area contributed by atoms with Crippen molar-refractivity contribution in [1.29, 1.82) is 0 Å². The second kappa shape index (κ2) is 5.51. The summed E-state index contributed by atoms with van der Waals surface area (Å²) in [5.41, 5.74) is 5.29. The van der Waals surface area contributed by atoms with Crippen LogP contribution in [0.4, 0.5) is 5.69 Å². The van der Waals surface area contributed by atoms with Crippen molar-refractivity contribution in [2.24, 2.45) is 0 Å². The van der Waals surface area contributed by atoms with E-state index < -0.39 is 10.7 Å². The van der Waals surface area contributed by atoms with Gasteiger partial charge in [0.15, 0.2) is 0 Å². The van der Waals surface area contributed by atoms with E-state index in [1.165, 1.54) is 11.1 Å². The third-order valence-corrected chi connectivity index (χ3v) is 3.98. The average Bonchev–Trinajstić information content (AvgIpc) is 2.82. The second-order valence-corrected chi connectivity index (χ2v) is 5.80. The van der Waals surface area contributed by atoms with E-state index in [0.717, 1.165) is 23.4 Å². The molecule has 102 valence electrons. The molecule has 0 fully saturated rings. The third-order valence-electron chi connectivity index (χ3n) is 3.38. The molecule has 0 bridgehead atoms. The lowest BCUT2D eigenvalue weighted by atomic mass is 10.1. The van der Waals surface area contributed by atoms with E-state index in [-0.39, 0.29) is 5.75 Å². The highest BCUT2D eigenvalue weighted by Crippen LogP contribution is 2.27. The Hall–Kier alpha value is -2.07. The van der Waals surface area contributed by atoms with Crippen molar-refractivity contribution < 1.29 is 8.42 Å². The van der Waals surface area contributed by atoms with Gasteiger partial charge in [0.05, 0.1) is 5.75 Å². The molecule has 3 rings (SSSR count). The van der Waals surface area contributed by atoms with Crippen LogP contribution in [0.1, 0.15) is 16.7 Å². The quantitative estimate of drug-likeness (QED) is 0.849. The van der Waals surface area contributed by atoms with Gasteiger partial charge >= 0.3 is 0 Å². The van der Waals surface area contributed by atoms with Gasteiger partial charge in [0, 0.05) is 17.8 Å². The summed E-state index contributed by atoms with van der Waals surface area (Å²) < 4.78 is 21.9. The van der Waals surface area contributed by atoms with E-state index in [0.29, 0.717) is 0 Å². The fraction of sp³-hybridized carbons (Fsp3) is 0.125. The van der Waals surface area contributed by atoms with Crippen molar-refractivity contribution in [3.8, 4) is 0 Å². The molecular weight excluding hydrogens is 270 g/mol. The van der Waals surface area contributed by atoms with Gasteiger partial charge in [-0.15, -0.1) is 0 Å². The predicted octanol–water partition coefficient (Wildman–Crippen LogP) is 2.81. The fourth-order valence-corrected chi connectivity index (χ4v) is 3.01. The van der Waals surface area contributed by atoms with Crippen LogP contribution in [0.3, 0.4) is 0 Å². The Morgan fingerprint density at radius 2 is 1.75 bits per heavy atom. The number of thiol groups is 1. The largest absolute Gasteiger partial charge is 0.358 e. The van der Waals surface area contributed by atoms with Gasteiger partial charge in [0.2, 0.25) is 0 Å². The molecule has 1 aliphatic carbocycles. The van der Waals surface area contributed by atoms with Crippen LogP contribution in [-0.4, -0.2) is 8.42 Å². The summed E-state index contributed by atoms with van der Waals surface area (Å²) in [5.74, 6) is 0.0682. The third kappa shape index (κ3) is 2.75. The van der Waals surface area contributed by atoms with E-state index in [1.54, 1.807) is 0 Å². The van der Waals surface area contributed by atoms with Gasteiger partial charge in [-0.05, 0) is 28.8 Å². The van der Waals surface area contributed by atoms with Crippen molar-refractivity contribution in [2.75, 3.05) is 5.32 Å². The zero-order chi connectivity index (χ0) is 13.9. The number of hydrogen-bond acceptors (Lipinski definition) is 3. The maximum Gasteiger partial charge on any atom is 0.144 e. The molecule has 0 spiro atoms. The molecule has 0 amide bonds. The summed E-state index contributed by atoms with van der Waals surface area (Å²) in [5, 5.41) is 3.36. The van der Waals surface area contributed by atoms with E-state index in [1.807, 2.05) is 36.4 Å². The maximum absolute atomic E-state index is 10.9. The SMILES string of the molecule is O=[SH](=O)Cc1ccccc1NC1=Cc2ccccc2C1. The molecule has 0 unspecified atom stereocenters. The molecule has 0 saturated carbocycles. The molecular formula is C16H15NO2S. The lowest BCUT2D eigenvalue weighted by molar-refractivity contribution is 0.614. The van der Waals surface area contributed by atoms with Crippen LogP contribution in [0.5, 0.6) is 0 Å². The summed E-state index contributed by atoms with van der Waals surface area (Å²) in [6.07, 6.45) is 2.97. The monoisotopic (exact) mass is 285 g/mol. The maximum atomic E-state index is 10.9. The van der Waals surface area contributed by atoms with Crippen LogP contribution < -0.4 is 5.32 Å². The first kappa shape index (κ1) is 12.9. The Balaban J connectivity index is 1.84. The Morgan fingerprint density at radius 1 is 1.00 bits per heavy atom. The molecule has 4 heteroatoms. The van der Waals surface area contributed by atoms with Crippen LogP contribution >= 0.6 is 0 Å². The molecule has 1 aliphatic rings. The standard InChI is InChI=1S/C16H15NO2S/c18-20(19)11-14-7-3-4-8-16(14)17-15-9-12-5-1-2-6-13(12)10-15/h1-9,17,20H,10-11H2. The van der Waals surface area contributed by atoms with E-state index >= 15 is 0 Å². The molecule has 0 heterocycles. The molecule has 20 heavy (non-hydrogen) atoms. The highest BCUT2D eigenvalue weighted by molar-refractivity contribution is 7.71. The summed E-state index contributed by atoms with van der Waals surface area (Å²) in [4.78, 5) is 0. The average molecular weight is 285 g/mol. The van der Waals surface area contributed by atoms with Crippen LogP contribution in [0.2, 0.25) is 0 Å². The summed E-state index contributed by atoms with van der Waals surface area (Å²) in [7, 11) is -2.42. The number of allylic oxidation sites excluding steroid dienone is 1. The number of fused-ring (bicyclic) bond motifs is 1. The van der Waals surface area contributed by atoms with Gasteiger partial charge < -0.3 is 5.32 Å². The highest BCUT2D eigenvalue weighted by Gasteiger charge is 2.13. The highest BCUT2D eigenvalue weighted by atomic mass is 32.2. The van der Waals surface area contributed by atoms with Crippen molar-refractivity contribution >= 4 is 22.5 Å². The Bertz CT molecular complexity index is 740. The number of hydrogen-bond donors (Lipinski definition) is 2. The van der Waals surface area contributed by atoms with Gasteiger partial charge in [-0.25, -0.2) is 8.42 Å². The number of nitrogens with one attached hydrogen (secondary N) is 1. The first-order valence-electron chi connectivity index (χ1n) is 6.47. The van der Waals surface area contributed by atoms with Crippen molar-refractivity contribution in [2.45, 2.75) is 12.2 Å². The fourth-order valence-electron chi connectivity index (χ4n) is 2.45. The lowest BCUT2D eigenvalue weighted by Gasteiger charge is -2.11. The number of para-hydroxylation sites is 1. The molecule has 2 aromatic rings. The molecule has 2 aromatic carbocycles. The molecule has 1 N–H and O–H groups in total. The topological polar surface area (TPSA) is 46.2 Å². The lowest BCUT2D eigenvalue weighted by Crippen LogP contribution is -2.02. The van der Waals surface area contributed by atoms with Crippen LogP contribution in [0, 0.1) is 0 Å². The number of rotatable bonds is 4. The first-order valence-corrected chi connectivity index (χ1v) is 7.84. The van der Waals surface area contributed by atoms with E-state index in [9.17, 15) is 8.42 Å². The minimum atomic E-state index is -2.42. The smallest absolute Gasteiger partial charge is 0.144 e. The first-order chi connectivity index (χ1) is 9.72. The van der Waals surface area contributed by atoms with Gasteiger partial charge in [-0.2, -0.15) is 0 Å². The van der Waals surface area contributed by atoms with Gasteiger partial charge in [0.25, 0.3) is 0 Å². The van der Waals surface area contributed by atoms with Crippen LogP contribution in [-0.2, 0) is 22.9 Å². The number of benzene rings is 2. The molecule has 0 aliphatic heterocycles. The number of anilines is 1. The van der Waals surface area contributed by atoms with Gasteiger partial charge in [-0.3, -0.25) is 0 Å². The van der Waals surface area contributed by atoms with E-state index in [4.69, 9.17) is 0 Å². The minimum Gasteiger partial charge on any atom is -0.358 e. The molecule has 0 aromatic heterocycles. The molecule has 3 nitrogen and oxygen atoms in total. The van der Waals surface area contributed by atoms with Crippen molar-refractivity contribution in [1.82, 2.24) is 0 Å².